The average molecular weight is 533 g/mol. The van der Waals surface area contributed by atoms with Crippen LogP contribution >= 0.6 is 23.1 Å². The molecular formula is C27H24N4O4S2. The number of thioether (sulfide) groups is 1. The van der Waals surface area contributed by atoms with Crippen molar-refractivity contribution in [2.45, 2.75) is 13.3 Å². The Bertz CT molecular complexity index is 1430. The van der Waals surface area contributed by atoms with E-state index in [1.54, 1.807) is 36.7 Å². The van der Waals surface area contributed by atoms with E-state index in [9.17, 15) is 4.79 Å². The van der Waals surface area contributed by atoms with Gasteiger partial charge in [0, 0.05) is 6.42 Å². The van der Waals surface area contributed by atoms with Gasteiger partial charge >= 0.3 is 0 Å². The highest BCUT2D eigenvalue weighted by atomic mass is 32.2. The van der Waals surface area contributed by atoms with E-state index in [0.29, 0.717) is 41.9 Å². The summed E-state index contributed by atoms with van der Waals surface area (Å²) in [4.78, 5) is 17.9. The van der Waals surface area contributed by atoms with E-state index in [1.807, 2.05) is 54.8 Å². The number of fused-ring (bicyclic) bond motifs is 1. The highest BCUT2D eigenvalue weighted by Gasteiger charge is 2.36. The number of hydrazone groups is 1. The molecule has 2 aliphatic rings. The highest BCUT2D eigenvalue weighted by Crippen LogP contribution is 2.33. The molecule has 1 N–H and O–H groups in total. The van der Waals surface area contributed by atoms with Crippen LogP contribution in [0.2, 0.25) is 0 Å². The third-order valence-corrected chi connectivity index (χ3v) is 7.53. The van der Waals surface area contributed by atoms with E-state index in [0.717, 1.165) is 21.2 Å². The molecule has 5 rings (SSSR count). The van der Waals surface area contributed by atoms with Crippen molar-refractivity contribution in [3.8, 4) is 17.2 Å². The molecule has 0 spiro atoms. The molecule has 188 valence electrons. The smallest absolute Gasteiger partial charge is 0.283 e. The Labute approximate surface area is 222 Å². The molecule has 2 aliphatic heterocycles. The lowest BCUT2D eigenvalue weighted by atomic mass is 10.1. The lowest BCUT2D eigenvalue weighted by Gasteiger charge is -2.20. The fraction of sp³-hybridized carbons (Fsp3) is 0.185. The number of para-hydroxylation sites is 1. The summed E-state index contributed by atoms with van der Waals surface area (Å²) in [5.41, 5.74) is 1.94. The maximum Gasteiger partial charge on any atom is 0.283 e. The zero-order valence-electron chi connectivity index (χ0n) is 20.3. The molecule has 0 unspecified atom stereocenters. The van der Waals surface area contributed by atoms with Gasteiger partial charge in [-0.3, -0.25) is 10.2 Å². The number of hydrogen-bond acceptors (Lipinski definition) is 8. The number of amides is 1. The van der Waals surface area contributed by atoms with Crippen LogP contribution < -0.4 is 14.2 Å². The third kappa shape index (κ3) is 5.45. The fourth-order valence-electron chi connectivity index (χ4n) is 3.69. The van der Waals surface area contributed by atoms with Crippen LogP contribution in [0.15, 0.2) is 75.6 Å². The molecule has 0 saturated heterocycles. The van der Waals surface area contributed by atoms with Gasteiger partial charge in [-0.05, 0) is 65.5 Å². The molecule has 0 radical (unpaired) electrons. The summed E-state index contributed by atoms with van der Waals surface area (Å²) < 4.78 is 17.2. The number of aryl methyl sites for hydroxylation is 1. The second-order valence-electron chi connectivity index (χ2n) is 8.13. The largest absolute Gasteiger partial charge is 0.493 e. The van der Waals surface area contributed by atoms with Gasteiger partial charge in [0.05, 0.1) is 30.8 Å². The monoisotopic (exact) mass is 532 g/mol. The van der Waals surface area contributed by atoms with Crippen molar-refractivity contribution in [1.82, 2.24) is 5.01 Å². The first-order valence-electron chi connectivity index (χ1n) is 11.6. The SMILES string of the molecule is COc1cc(/C=C2/C(=N)N3N=C(c4cccs4)SC3=NC2=O)ccc1OCCCOc1ccccc1C. The minimum atomic E-state index is -0.473. The Morgan fingerprint density at radius 2 is 1.84 bits per heavy atom. The molecule has 1 aromatic heterocycles. The minimum absolute atomic E-state index is 0.0120. The molecule has 3 aromatic rings. The topological polar surface area (TPSA) is 96.6 Å². The van der Waals surface area contributed by atoms with Crippen LogP contribution in [0.1, 0.15) is 22.4 Å². The minimum Gasteiger partial charge on any atom is -0.493 e. The molecule has 0 atom stereocenters. The normalized spacial score (nSPS) is 15.9. The van der Waals surface area contributed by atoms with E-state index in [2.05, 4.69) is 10.1 Å². The summed E-state index contributed by atoms with van der Waals surface area (Å²) in [5.74, 6) is 1.51. The van der Waals surface area contributed by atoms with Crippen LogP contribution in [0.4, 0.5) is 0 Å². The van der Waals surface area contributed by atoms with Crippen molar-refractivity contribution in [2.75, 3.05) is 20.3 Å². The van der Waals surface area contributed by atoms with Gasteiger partial charge in [0.2, 0.25) is 5.17 Å². The molecule has 0 fully saturated rings. The van der Waals surface area contributed by atoms with Crippen LogP contribution in [0.3, 0.4) is 0 Å². The second-order valence-corrected chi connectivity index (χ2v) is 10.0. The average Bonchev–Trinajstić information content (AvgIpc) is 3.58. The van der Waals surface area contributed by atoms with Crippen molar-refractivity contribution in [3.63, 3.8) is 0 Å². The van der Waals surface area contributed by atoms with Gasteiger partial charge in [0.25, 0.3) is 5.91 Å². The van der Waals surface area contributed by atoms with E-state index in [-0.39, 0.29) is 11.4 Å². The number of nitrogens with zero attached hydrogens (tertiary/aromatic N) is 3. The first-order valence-corrected chi connectivity index (χ1v) is 13.3. The highest BCUT2D eigenvalue weighted by molar-refractivity contribution is 8.27. The van der Waals surface area contributed by atoms with Gasteiger partial charge in [-0.2, -0.15) is 15.1 Å². The number of aliphatic imine (C=N–C) groups is 1. The van der Waals surface area contributed by atoms with Gasteiger partial charge in [0.15, 0.2) is 17.3 Å². The maximum absolute atomic E-state index is 12.7. The van der Waals surface area contributed by atoms with Gasteiger partial charge in [0.1, 0.15) is 10.8 Å². The van der Waals surface area contributed by atoms with E-state index < -0.39 is 5.91 Å². The van der Waals surface area contributed by atoms with E-state index in [1.165, 1.54) is 16.8 Å². The second kappa shape index (κ2) is 11.0. The first kappa shape index (κ1) is 24.8. The van der Waals surface area contributed by atoms with Gasteiger partial charge in [-0.25, -0.2) is 0 Å². The van der Waals surface area contributed by atoms with Crippen LogP contribution in [0, 0.1) is 12.3 Å². The van der Waals surface area contributed by atoms with Gasteiger partial charge in [-0.1, -0.05) is 30.3 Å². The Balaban J connectivity index is 1.24. The molecule has 3 heterocycles. The maximum atomic E-state index is 12.7. The molecule has 37 heavy (non-hydrogen) atoms. The van der Waals surface area contributed by atoms with Crippen LogP contribution in [-0.4, -0.2) is 47.3 Å². The Kier molecular flexibility index (Phi) is 7.38. The fourth-order valence-corrected chi connectivity index (χ4v) is 5.38. The van der Waals surface area contributed by atoms with E-state index in [4.69, 9.17) is 19.6 Å². The lowest BCUT2D eigenvalue weighted by molar-refractivity contribution is -0.114. The van der Waals surface area contributed by atoms with Crippen LogP contribution in [-0.2, 0) is 4.79 Å². The summed E-state index contributed by atoms with van der Waals surface area (Å²) >= 11 is 2.84. The lowest BCUT2D eigenvalue weighted by Crippen LogP contribution is -2.35. The number of rotatable bonds is 9. The predicted molar refractivity (Wildman–Crippen MR) is 148 cm³/mol. The number of carbonyl (C=O) groups excluding carboxylic acids is 1. The number of thiophene rings is 1. The van der Waals surface area contributed by atoms with Gasteiger partial charge < -0.3 is 14.2 Å². The predicted octanol–water partition coefficient (Wildman–Crippen LogP) is 5.58. The molecule has 2 aromatic carbocycles. The van der Waals surface area contributed by atoms with Crippen molar-refractivity contribution in [1.29, 1.82) is 5.41 Å². The van der Waals surface area contributed by atoms with Crippen molar-refractivity contribution >= 4 is 51.1 Å². The molecule has 0 saturated carbocycles. The number of amidine groups is 2. The first-order chi connectivity index (χ1) is 18.0. The van der Waals surface area contributed by atoms with Crippen LogP contribution in [0.5, 0.6) is 17.2 Å². The molecule has 0 bridgehead atoms. The quantitative estimate of drug-likeness (QED) is 0.285. The molecular weight excluding hydrogens is 508 g/mol. The number of carbonyl (C=O) groups is 1. The number of nitrogens with one attached hydrogen (secondary N) is 1. The number of methoxy groups -OCH3 is 1. The summed E-state index contributed by atoms with van der Waals surface area (Å²) in [7, 11) is 1.56. The number of benzene rings is 2. The Hall–Kier alpha value is -3.89. The summed E-state index contributed by atoms with van der Waals surface area (Å²) in [6.07, 6.45) is 2.33. The van der Waals surface area contributed by atoms with Gasteiger partial charge in [-0.15, -0.1) is 11.3 Å². The molecule has 8 nitrogen and oxygen atoms in total. The molecule has 0 aliphatic carbocycles. The molecule has 1 amide bonds. The summed E-state index contributed by atoms with van der Waals surface area (Å²) in [5, 5.41) is 17.6. The molecule has 10 heteroatoms. The van der Waals surface area contributed by atoms with E-state index >= 15 is 0 Å². The number of ether oxygens (including phenoxy) is 3. The zero-order chi connectivity index (χ0) is 25.8. The number of hydrogen-bond donors (Lipinski definition) is 1. The van der Waals surface area contributed by atoms with Crippen LogP contribution in [0.25, 0.3) is 6.08 Å². The zero-order valence-corrected chi connectivity index (χ0v) is 21.9. The van der Waals surface area contributed by atoms with Crippen molar-refractivity contribution in [2.24, 2.45) is 10.1 Å². The van der Waals surface area contributed by atoms with Crippen molar-refractivity contribution < 1.29 is 19.0 Å². The van der Waals surface area contributed by atoms with Crippen molar-refractivity contribution in [3.05, 3.63) is 81.6 Å². The Morgan fingerprint density at radius 1 is 1.03 bits per heavy atom. The summed E-state index contributed by atoms with van der Waals surface area (Å²) in [6, 6.07) is 17.2. The Morgan fingerprint density at radius 3 is 2.59 bits per heavy atom. The summed E-state index contributed by atoms with van der Waals surface area (Å²) in [6.45, 7) is 3.01. The standard InChI is InChI=1S/C27H24N4O4S2/c1-17-7-3-4-8-20(17)34-12-6-13-35-21-11-10-18(16-22(21)33-2)15-19-24(28)31-27(29-25(19)32)37-26(30-31)23-9-5-14-36-23/h3-5,7-11,14-16,28H,6,12-13H2,1-2H3/b19-15-,28-24?. The third-order valence-electron chi connectivity index (χ3n) is 5.58.